The molecule has 10 heteroatoms. The van der Waals surface area contributed by atoms with Crippen LogP contribution in [0, 0.1) is 11.8 Å². The van der Waals surface area contributed by atoms with Crippen LogP contribution in [0.25, 0.3) is 0 Å². The second kappa shape index (κ2) is 8.26. The normalized spacial score (nSPS) is 37.4. The molecule has 2 aromatic rings. The molecule has 6 heterocycles. The van der Waals surface area contributed by atoms with Gasteiger partial charge in [-0.25, -0.2) is 0 Å². The predicted octanol–water partition coefficient (Wildman–Crippen LogP) is 1.88. The van der Waals surface area contributed by atoms with E-state index in [4.69, 9.17) is 0 Å². The van der Waals surface area contributed by atoms with Gasteiger partial charge in [0.2, 0.25) is 23.6 Å². The molecule has 4 N–H and O–H groups in total. The first-order valence-corrected chi connectivity index (χ1v) is 15.1. The van der Waals surface area contributed by atoms with E-state index in [9.17, 15) is 19.2 Å². The van der Waals surface area contributed by atoms with Crippen molar-refractivity contribution in [3.63, 3.8) is 0 Å². The minimum Gasteiger partial charge on any atom is -0.364 e. The number of carbonyl (C=O) groups is 4. The van der Waals surface area contributed by atoms with Crippen molar-refractivity contribution in [1.82, 2.24) is 20.4 Å². The number of piperazine rings is 2. The highest BCUT2D eigenvalue weighted by molar-refractivity contribution is 6.01. The zero-order valence-electron chi connectivity index (χ0n) is 24.2. The molecule has 6 aliphatic rings. The van der Waals surface area contributed by atoms with E-state index in [1.54, 1.807) is 9.80 Å². The lowest BCUT2D eigenvalue weighted by atomic mass is 9.54. The van der Waals surface area contributed by atoms with E-state index in [0.717, 1.165) is 22.5 Å². The van der Waals surface area contributed by atoms with Gasteiger partial charge in [0.1, 0.15) is 36.5 Å². The van der Waals surface area contributed by atoms with Gasteiger partial charge in [0.05, 0.1) is 10.8 Å². The van der Waals surface area contributed by atoms with Crippen LogP contribution in [0.1, 0.15) is 51.7 Å². The second-order valence-electron chi connectivity index (χ2n) is 13.5. The molecule has 0 aromatic heterocycles. The summed E-state index contributed by atoms with van der Waals surface area (Å²) in [6, 6.07) is 13.6. The molecule has 42 heavy (non-hydrogen) atoms. The van der Waals surface area contributed by atoms with Crippen LogP contribution in [0.15, 0.2) is 48.5 Å². The summed E-state index contributed by atoms with van der Waals surface area (Å²) in [4.78, 5) is 59.5. The zero-order valence-corrected chi connectivity index (χ0v) is 24.2. The summed E-state index contributed by atoms with van der Waals surface area (Å²) < 4.78 is 0. The van der Waals surface area contributed by atoms with Gasteiger partial charge in [-0.15, -0.1) is 0 Å². The number of hydrogen-bond donors (Lipinski definition) is 4. The van der Waals surface area contributed by atoms with E-state index in [-0.39, 0.29) is 35.5 Å². The van der Waals surface area contributed by atoms with E-state index in [1.807, 2.05) is 64.1 Å². The fourth-order valence-corrected chi connectivity index (χ4v) is 9.23. The van der Waals surface area contributed by atoms with Crippen LogP contribution in [-0.2, 0) is 30.0 Å². The van der Waals surface area contributed by atoms with E-state index in [0.29, 0.717) is 12.8 Å². The number of amides is 4. The minimum absolute atomic E-state index is 0.0734. The average molecular weight is 569 g/mol. The predicted molar refractivity (Wildman–Crippen MR) is 155 cm³/mol. The van der Waals surface area contributed by atoms with E-state index >= 15 is 0 Å². The van der Waals surface area contributed by atoms with Gasteiger partial charge >= 0.3 is 0 Å². The van der Waals surface area contributed by atoms with Gasteiger partial charge in [0.25, 0.3) is 0 Å². The largest absolute Gasteiger partial charge is 0.364 e. The number of benzene rings is 2. The van der Waals surface area contributed by atoms with Crippen LogP contribution < -0.4 is 21.3 Å². The molecule has 10 nitrogen and oxygen atoms in total. The summed E-state index contributed by atoms with van der Waals surface area (Å²) in [7, 11) is 0. The smallest absolute Gasteiger partial charge is 0.247 e. The van der Waals surface area contributed by atoms with Gasteiger partial charge in [-0.3, -0.25) is 19.2 Å². The van der Waals surface area contributed by atoms with Crippen LogP contribution in [0.4, 0.5) is 11.4 Å². The van der Waals surface area contributed by atoms with Crippen molar-refractivity contribution in [2.24, 2.45) is 11.8 Å². The lowest BCUT2D eigenvalue weighted by Crippen LogP contribution is -2.67. The summed E-state index contributed by atoms with van der Waals surface area (Å²) in [5, 5.41) is 13.4. The van der Waals surface area contributed by atoms with E-state index in [2.05, 4.69) is 33.4 Å². The van der Waals surface area contributed by atoms with Crippen molar-refractivity contribution >= 4 is 35.0 Å². The lowest BCUT2D eigenvalue weighted by Gasteiger charge is -2.48. The molecule has 2 aromatic carbocycles. The molecule has 4 amide bonds. The molecule has 6 aliphatic heterocycles. The highest BCUT2D eigenvalue weighted by atomic mass is 16.2. The van der Waals surface area contributed by atoms with E-state index < -0.39 is 47.3 Å². The first-order valence-electron chi connectivity index (χ1n) is 15.1. The Balaban J connectivity index is 1.39. The molecule has 0 radical (unpaired) electrons. The van der Waals surface area contributed by atoms with E-state index in [1.165, 1.54) is 0 Å². The highest BCUT2D eigenvalue weighted by Crippen LogP contribution is 2.68. The third-order valence-electron chi connectivity index (χ3n) is 11.0. The standard InChI is InChI=1S/C32H36N6O4/c1-15(2)23-27(41)37-21(25(39)35-23)13-31(17-9-5-7-11-19(17)33-29(31)37)32-14-22-26(40)36-24(16(3)4)28(42)38(22)30(32)34-20-12-8-6-10-18(20)32/h5-12,15-16,21-24,29-30,33-34H,13-14H2,1-4H3,(H,35,39)(H,36,40)/t21-,22-,23+,24+,29+,30+,31-,32-/m0/s1. The van der Waals surface area contributed by atoms with Crippen molar-refractivity contribution in [3.05, 3.63) is 59.7 Å². The molecular weight excluding hydrogens is 532 g/mol. The maximum atomic E-state index is 14.2. The van der Waals surface area contributed by atoms with Gasteiger partial charge in [-0.1, -0.05) is 64.1 Å². The van der Waals surface area contributed by atoms with Crippen LogP contribution in [0.3, 0.4) is 0 Å². The van der Waals surface area contributed by atoms with Gasteiger partial charge < -0.3 is 31.1 Å². The van der Waals surface area contributed by atoms with Crippen LogP contribution in [-0.4, -0.2) is 69.9 Å². The Labute approximate surface area is 244 Å². The minimum atomic E-state index is -0.803. The topological polar surface area (TPSA) is 123 Å². The molecule has 0 bridgehead atoms. The summed E-state index contributed by atoms with van der Waals surface area (Å²) in [5.41, 5.74) is 2.26. The third kappa shape index (κ3) is 2.81. The maximum Gasteiger partial charge on any atom is 0.247 e. The van der Waals surface area contributed by atoms with Gasteiger partial charge in [0.15, 0.2) is 0 Å². The fraction of sp³-hybridized carbons (Fsp3) is 0.500. The van der Waals surface area contributed by atoms with Crippen LogP contribution >= 0.6 is 0 Å². The number of fused-ring (bicyclic) bond motifs is 11. The molecule has 0 aliphatic carbocycles. The Morgan fingerprint density at radius 3 is 1.38 bits per heavy atom. The molecule has 4 fully saturated rings. The summed E-state index contributed by atoms with van der Waals surface area (Å²) in [6.07, 6.45) is -0.313. The first-order chi connectivity index (χ1) is 20.1. The van der Waals surface area contributed by atoms with Crippen LogP contribution in [0.2, 0.25) is 0 Å². The molecule has 0 saturated carbocycles. The average Bonchev–Trinajstić information content (AvgIpc) is 3.66. The molecule has 8 rings (SSSR count). The molecule has 8 atom stereocenters. The van der Waals surface area contributed by atoms with Crippen molar-refractivity contribution in [1.29, 1.82) is 0 Å². The Hall–Kier alpha value is -4.08. The van der Waals surface area contributed by atoms with Crippen molar-refractivity contribution < 1.29 is 19.2 Å². The Bertz CT molecular complexity index is 1460. The second-order valence-corrected chi connectivity index (χ2v) is 13.5. The van der Waals surface area contributed by atoms with Gasteiger partial charge in [0, 0.05) is 11.4 Å². The summed E-state index contributed by atoms with van der Waals surface area (Å²) in [6.45, 7) is 7.78. The molecule has 0 spiro atoms. The molecular formula is C32H36N6O4. The SMILES string of the molecule is CC(C)[C@H]1NC(=O)[C@@H]2C[C@]3([C@]45C[C@H]6C(=O)N[C@H](C(C)C)C(=O)N6[C@H]4Nc4ccccc45)c4ccccc4N[C@@H]3N2C1=O. The highest BCUT2D eigenvalue weighted by Gasteiger charge is 2.78. The van der Waals surface area contributed by atoms with Crippen molar-refractivity contribution in [2.45, 2.75) is 87.9 Å². The number of carbonyl (C=O) groups excluding carboxylic acids is 4. The summed E-state index contributed by atoms with van der Waals surface area (Å²) >= 11 is 0. The molecule has 0 unspecified atom stereocenters. The Morgan fingerprint density at radius 1 is 0.619 bits per heavy atom. The number of rotatable bonds is 3. The zero-order chi connectivity index (χ0) is 29.3. The molecule has 4 saturated heterocycles. The number of nitrogens with one attached hydrogen (secondary N) is 4. The Kier molecular flexibility index (Phi) is 5.04. The lowest BCUT2D eigenvalue weighted by molar-refractivity contribution is -0.150. The number of hydrogen-bond acceptors (Lipinski definition) is 6. The Morgan fingerprint density at radius 2 is 1.00 bits per heavy atom. The monoisotopic (exact) mass is 568 g/mol. The number of anilines is 2. The fourth-order valence-electron chi connectivity index (χ4n) is 9.23. The third-order valence-corrected chi connectivity index (χ3v) is 11.0. The van der Waals surface area contributed by atoms with Gasteiger partial charge in [-0.2, -0.15) is 0 Å². The molecule has 218 valence electrons. The maximum absolute atomic E-state index is 14.2. The first kappa shape index (κ1) is 25.6. The quantitative estimate of drug-likeness (QED) is 0.449. The number of nitrogens with zero attached hydrogens (tertiary/aromatic N) is 2. The van der Waals surface area contributed by atoms with Crippen molar-refractivity contribution in [2.75, 3.05) is 10.6 Å². The van der Waals surface area contributed by atoms with Gasteiger partial charge in [-0.05, 0) is 47.9 Å². The number of para-hydroxylation sites is 2. The van der Waals surface area contributed by atoms with Crippen LogP contribution in [0.5, 0.6) is 0 Å². The summed E-state index contributed by atoms with van der Waals surface area (Å²) in [5.74, 6) is -0.654. The van der Waals surface area contributed by atoms with Crippen molar-refractivity contribution in [3.8, 4) is 0 Å².